The summed E-state index contributed by atoms with van der Waals surface area (Å²) in [6.07, 6.45) is 3.45. The van der Waals surface area contributed by atoms with Crippen molar-refractivity contribution in [1.29, 1.82) is 0 Å². The fourth-order valence-electron chi connectivity index (χ4n) is 4.21. The van der Waals surface area contributed by atoms with Gasteiger partial charge in [-0.1, -0.05) is 54.1 Å². The molecule has 4 aromatic carbocycles. The van der Waals surface area contributed by atoms with E-state index in [-0.39, 0.29) is 17.4 Å². The number of nitrogens with one attached hydrogen (secondary N) is 4. The van der Waals surface area contributed by atoms with Crippen LogP contribution in [0.4, 0.5) is 11.4 Å². The van der Waals surface area contributed by atoms with Crippen LogP contribution in [0.3, 0.4) is 0 Å². The highest BCUT2D eigenvalue weighted by Crippen LogP contribution is 2.24. The molecule has 0 aliphatic carbocycles. The van der Waals surface area contributed by atoms with E-state index in [9.17, 15) is 14.4 Å². The number of aryl methyl sites for hydroxylation is 1. The fraction of sp³-hybridized carbons (Fsp3) is 0.0606. The number of thioether (sulfide) groups is 1. The third-order valence-corrected chi connectivity index (χ3v) is 7.65. The predicted molar refractivity (Wildman–Crippen MR) is 171 cm³/mol. The monoisotopic (exact) mass is 594 g/mol. The number of hydrogen-bond donors (Lipinski definition) is 4. The maximum Gasteiger partial charge on any atom is 0.272 e. The Morgan fingerprint density at radius 2 is 1.62 bits per heavy atom. The maximum atomic E-state index is 13.4. The van der Waals surface area contributed by atoms with Crippen molar-refractivity contribution < 1.29 is 14.4 Å². The number of aromatic nitrogens is 1. The first-order chi connectivity index (χ1) is 20.4. The molecule has 0 saturated heterocycles. The maximum absolute atomic E-state index is 13.4. The van der Waals surface area contributed by atoms with Crippen molar-refractivity contribution in [3.63, 3.8) is 0 Å². The molecule has 0 unspecified atom stereocenters. The Morgan fingerprint density at radius 1 is 0.881 bits per heavy atom. The Hall–Kier alpha value is -4.79. The first kappa shape index (κ1) is 28.7. The minimum Gasteiger partial charge on any atom is -0.361 e. The first-order valence-electron chi connectivity index (χ1n) is 13.1. The van der Waals surface area contributed by atoms with E-state index in [2.05, 4.69) is 20.9 Å². The van der Waals surface area contributed by atoms with E-state index >= 15 is 0 Å². The van der Waals surface area contributed by atoms with Crippen LogP contribution in [0.2, 0.25) is 5.02 Å². The Morgan fingerprint density at radius 3 is 2.40 bits per heavy atom. The van der Waals surface area contributed by atoms with Gasteiger partial charge in [-0.05, 0) is 73.2 Å². The van der Waals surface area contributed by atoms with Crippen LogP contribution in [-0.2, 0) is 9.59 Å². The third kappa shape index (κ3) is 7.28. The van der Waals surface area contributed by atoms with Gasteiger partial charge < -0.3 is 20.9 Å². The molecule has 0 atom stereocenters. The van der Waals surface area contributed by atoms with E-state index in [1.807, 2.05) is 55.5 Å². The average molecular weight is 595 g/mol. The second-order valence-electron chi connectivity index (χ2n) is 9.44. The molecule has 3 amide bonds. The molecule has 0 fully saturated rings. The van der Waals surface area contributed by atoms with Crippen molar-refractivity contribution in [3.8, 4) is 0 Å². The van der Waals surface area contributed by atoms with Crippen molar-refractivity contribution in [2.45, 2.75) is 11.8 Å². The van der Waals surface area contributed by atoms with E-state index < -0.39 is 11.8 Å². The summed E-state index contributed by atoms with van der Waals surface area (Å²) in [4.78, 5) is 42.8. The highest BCUT2D eigenvalue weighted by Gasteiger charge is 2.16. The minimum atomic E-state index is -0.471. The van der Waals surface area contributed by atoms with E-state index in [1.54, 1.807) is 60.8 Å². The van der Waals surface area contributed by atoms with Gasteiger partial charge in [0.1, 0.15) is 5.70 Å². The van der Waals surface area contributed by atoms with E-state index in [0.717, 1.165) is 26.9 Å². The Kier molecular flexibility index (Phi) is 9.06. The second kappa shape index (κ2) is 13.2. The van der Waals surface area contributed by atoms with Crippen molar-refractivity contribution in [2.75, 3.05) is 16.4 Å². The zero-order chi connectivity index (χ0) is 29.5. The Bertz CT molecular complexity index is 1780. The predicted octanol–water partition coefficient (Wildman–Crippen LogP) is 7.27. The zero-order valence-electron chi connectivity index (χ0n) is 22.6. The molecule has 4 N–H and O–H groups in total. The summed E-state index contributed by atoms with van der Waals surface area (Å²) in [5.41, 5.74) is 4.37. The van der Waals surface area contributed by atoms with Crippen LogP contribution in [0.5, 0.6) is 0 Å². The van der Waals surface area contributed by atoms with Gasteiger partial charge in [0.25, 0.3) is 11.8 Å². The molecule has 5 rings (SSSR count). The van der Waals surface area contributed by atoms with Crippen molar-refractivity contribution >= 4 is 69.4 Å². The fourth-order valence-corrected chi connectivity index (χ4v) is 5.08. The summed E-state index contributed by atoms with van der Waals surface area (Å²) >= 11 is 7.41. The lowest BCUT2D eigenvalue weighted by atomic mass is 10.1. The molecule has 5 aromatic rings. The largest absolute Gasteiger partial charge is 0.361 e. The van der Waals surface area contributed by atoms with Gasteiger partial charge in [-0.15, -0.1) is 11.8 Å². The molecule has 210 valence electrons. The van der Waals surface area contributed by atoms with Gasteiger partial charge in [-0.25, -0.2) is 0 Å². The van der Waals surface area contributed by atoms with Crippen molar-refractivity contribution in [3.05, 3.63) is 131 Å². The number of anilines is 2. The van der Waals surface area contributed by atoms with Crippen LogP contribution < -0.4 is 16.0 Å². The van der Waals surface area contributed by atoms with Gasteiger partial charge in [0.05, 0.1) is 5.75 Å². The number of para-hydroxylation sites is 1. The molecule has 0 spiro atoms. The van der Waals surface area contributed by atoms with Crippen LogP contribution in [0, 0.1) is 6.92 Å². The normalized spacial score (nSPS) is 11.2. The molecule has 0 aliphatic rings. The molecule has 7 nitrogen and oxygen atoms in total. The van der Waals surface area contributed by atoms with Crippen LogP contribution in [0.25, 0.3) is 17.0 Å². The standard InChI is InChI=1S/C33H27ClN4O3S/c1-21-11-12-24(34)18-29(21)37-31(39)20-42-26-15-13-25(14-16-26)36-33(41)30(38-32(40)22-7-3-2-4-8-22)17-23-19-35-28-10-6-5-9-27(23)28/h2-19,35H,20H2,1H3,(H,36,41)(H,37,39)(H,38,40)/b30-17-. The number of hydrogen-bond acceptors (Lipinski definition) is 4. The van der Waals surface area contributed by atoms with Crippen molar-refractivity contribution in [1.82, 2.24) is 10.3 Å². The highest BCUT2D eigenvalue weighted by molar-refractivity contribution is 8.00. The molecule has 1 aromatic heterocycles. The first-order valence-corrected chi connectivity index (χ1v) is 14.5. The number of fused-ring (bicyclic) bond motifs is 1. The summed E-state index contributed by atoms with van der Waals surface area (Å²) in [6, 6.07) is 28.9. The zero-order valence-corrected chi connectivity index (χ0v) is 24.2. The van der Waals surface area contributed by atoms with Gasteiger partial charge in [-0.3, -0.25) is 14.4 Å². The Labute approximate surface area is 252 Å². The SMILES string of the molecule is Cc1ccc(Cl)cc1NC(=O)CSc1ccc(NC(=O)/C(=C/c2c[nH]c3ccccc23)NC(=O)c2ccccc2)cc1. The quantitative estimate of drug-likeness (QED) is 0.106. The molecule has 0 aliphatic heterocycles. The molecule has 1 heterocycles. The third-order valence-electron chi connectivity index (χ3n) is 6.41. The summed E-state index contributed by atoms with van der Waals surface area (Å²) < 4.78 is 0. The lowest BCUT2D eigenvalue weighted by Crippen LogP contribution is -2.30. The van der Waals surface area contributed by atoms with Gasteiger partial charge in [0.15, 0.2) is 0 Å². The van der Waals surface area contributed by atoms with E-state index in [4.69, 9.17) is 11.6 Å². The second-order valence-corrected chi connectivity index (χ2v) is 10.9. The number of amides is 3. The Balaban J connectivity index is 1.27. The average Bonchev–Trinajstić information content (AvgIpc) is 3.41. The number of H-pyrrole nitrogens is 1. The number of aromatic amines is 1. The number of halogens is 1. The molecular formula is C33H27ClN4O3S. The number of carbonyl (C=O) groups is 3. The molecule has 9 heteroatoms. The molecule has 42 heavy (non-hydrogen) atoms. The van der Waals surface area contributed by atoms with Gasteiger partial charge in [0.2, 0.25) is 5.91 Å². The van der Waals surface area contributed by atoms with E-state index in [0.29, 0.717) is 22.0 Å². The topological polar surface area (TPSA) is 103 Å². The van der Waals surface area contributed by atoms with Gasteiger partial charge in [-0.2, -0.15) is 0 Å². The van der Waals surface area contributed by atoms with E-state index in [1.165, 1.54) is 11.8 Å². The van der Waals surface area contributed by atoms with Crippen LogP contribution in [-0.4, -0.2) is 28.5 Å². The highest BCUT2D eigenvalue weighted by atomic mass is 35.5. The molecule has 0 bridgehead atoms. The summed E-state index contributed by atoms with van der Waals surface area (Å²) in [7, 11) is 0. The number of rotatable bonds is 9. The van der Waals surface area contributed by atoms with Crippen LogP contribution >= 0.6 is 23.4 Å². The van der Waals surface area contributed by atoms with Crippen molar-refractivity contribution in [2.24, 2.45) is 0 Å². The van der Waals surface area contributed by atoms with Gasteiger partial charge in [0, 0.05) is 49.5 Å². The van der Waals surface area contributed by atoms with Gasteiger partial charge >= 0.3 is 0 Å². The van der Waals surface area contributed by atoms with Crippen LogP contribution in [0.1, 0.15) is 21.5 Å². The molecule has 0 saturated carbocycles. The number of benzene rings is 4. The summed E-state index contributed by atoms with van der Waals surface area (Å²) in [6.45, 7) is 1.90. The molecule has 0 radical (unpaired) electrons. The molecular weight excluding hydrogens is 568 g/mol. The summed E-state index contributed by atoms with van der Waals surface area (Å²) in [5, 5.41) is 9.99. The lowest BCUT2D eigenvalue weighted by Gasteiger charge is -2.12. The lowest BCUT2D eigenvalue weighted by molar-refractivity contribution is -0.114. The van der Waals surface area contributed by atoms with Crippen LogP contribution in [0.15, 0.2) is 114 Å². The minimum absolute atomic E-state index is 0.0973. The smallest absolute Gasteiger partial charge is 0.272 e. The number of carbonyl (C=O) groups excluding carboxylic acids is 3. The summed E-state index contributed by atoms with van der Waals surface area (Å²) in [5.74, 6) is -0.805.